The van der Waals surface area contributed by atoms with Crippen LogP contribution in [0.5, 0.6) is 0 Å². The van der Waals surface area contributed by atoms with Crippen LogP contribution < -0.4 is 0 Å². The largest absolute Gasteiger partial charge is 0.398 e. The van der Waals surface area contributed by atoms with Crippen LogP contribution in [0.2, 0.25) is 0 Å². The molecule has 3 fully saturated rings. The highest BCUT2D eigenvalue weighted by Crippen LogP contribution is 2.59. The predicted molar refractivity (Wildman–Crippen MR) is 148 cm³/mol. The smallest absolute Gasteiger partial charge is 0.380 e. The topological polar surface area (TPSA) is 85.3 Å². The molecule has 1 aromatic carbocycles. The summed E-state index contributed by atoms with van der Waals surface area (Å²) in [4.78, 5) is 20.1. The van der Waals surface area contributed by atoms with E-state index >= 15 is 0 Å². The zero-order chi connectivity index (χ0) is 29.2. The number of aromatic amines is 1. The SMILES string of the molecule is CC(=O)N1CCC(c2cc(-c3cncc([C@@](O)(c4ccc(C5(C(F)(F)F)CC5)cc4)C4(C)CN(C)C4)c3)n[nH]2)CC1. The number of piperidine rings is 1. The van der Waals surface area contributed by atoms with Gasteiger partial charge in [-0.3, -0.25) is 14.9 Å². The van der Waals surface area contributed by atoms with Crippen molar-refractivity contribution in [3.8, 4) is 11.3 Å². The Hall–Kier alpha value is -3.24. The lowest BCUT2D eigenvalue weighted by molar-refractivity contribution is -0.160. The fraction of sp³-hybridized carbons (Fsp3) is 0.516. The predicted octanol–water partition coefficient (Wildman–Crippen LogP) is 4.98. The summed E-state index contributed by atoms with van der Waals surface area (Å²) in [5.41, 5.74) is 0.00265. The van der Waals surface area contributed by atoms with Gasteiger partial charge in [-0.2, -0.15) is 18.3 Å². The van der Waals surface area contributed by atoms with Crippen molar-refractivity contribution in [3.63, 3.8) is 0 Å². The number of benzene rings is 1. The number of aliphatic hydroxyl groups is 1. The van der Waals surface area contributed by atoms with Crippen molar-refractivity contribution >= 4 is 5.91 Å². The number of likely N-dealkylation sites (tertiary alicyclic amines) is 2. The number of halogens is 3. The molecule has 218 valence electrons. The highest BCUT2D eigenvalue weighted by Gasteiger charge is 2.64. The van der Waals surface area contributed by atoms with Gasteiger partial charge in [0.15, 0.2) is 0 Å². The number of nitrogens with one attached hydrogen (secondary N) is 1. The molecule has 3 aromatic rings. The molecule has 7 nitrogen and oxygen atoms in total. The van der Waals surface area contributed by atoms with Crippen molar-refractivity contribution in [1.29, 1.82) is 0 Å². The van der Waals surface area contributed by atoms with Gasteiger partial charge < -0.3 is 14.9 Å². The Labute approximate surface area is 237 Å². The molecule has 2 N–H and O–H groups in total. The second-order valence-electron chi connectivity index (χ2n) is 12.6. The fourth-order valence-corrected chi connectivity index (χ4v) is 7.11. The number of carbonyl (C=O) groups excluding carboxylic acids is 1. The first-order chi connectivity index (χ1) is 19.4. The van der Waals surface area contributed by atoms with Crippen LogP contribution in [-0.4, -0.2) is 75.4 Å². The van der Waals surface area contributed by atoms with Crippen LogP contribution in [0.1, 0.15) is 67.8 Å². The van der Waals surface area contributed by atoms with Gasteiger partial charge in [-0.15, -0.1) is 0 Å². The first-order valence-electron chi connectivity index (χ1n) is 14.2. The maximum atomic E-state index is 13.8. The standard InChI is InChI=1S/C31H36F3N5O2/c1-20(40)39-12-8-21(9-13-39)26-15-27(37-36-26)22-14-25(17-35-16-22)30(41,28(2)18-38(3)19-28)24-6-4-23(5-7-24)29(10-11-29)31(32,33)34/h4-7,14-17,21,41H,8-13,18-19H2,1-3H3,(H,36,37)/t30-/m0/s1. The number of hydrogen-bond donors (Lipinski definition) is 2. The Morgan fingerprint density at radius 1 is 1.05 bits per heavy atom. The quantitative estimate of drug-likeness (QED) is 0.439. The second-order valence-corrected chi connectivity index (χ2v) is 12.6. The van der Waals surface area contributed by atoms with Crippen molar-refractivity contribution in [3.05, 3.63) is 71.2 Å². The van der Waals surface area contributed by atoms with Gasteiger partial charge >= 0.3 is 6.18 Å². The molecule has 0 unspecified atom stereocenters. The Morgan fingerprint density at radius 3 is 2.27 bits per heavy atom. The minimum absolute atomic E-state index is 0.0933. The molecule has 2 saturated heterocycles. The van der Waals surface area contributed by atoms with Gasteiger partial charge in [0, 0.05) is 73.7 Å². The van der Waals surface area contributed by atoms with E-state index in [-0.39, 0.29) is 30.2 Å². The number of carbonyl (C=O) groups is 1. The van der Waals surface area contributed by atoms with Crippen LogP contribution in [0.4, 0.5) is 13.2 Å². The molecule has 0 radical (unpaired) electrons. The lowest BCUT2D eigenvalue weighted by Gasteiger charge is -2.55. The van der Waals surface area contributed by atoms with E-state index in [9.17, 15) is 23.1 Å². The average Bonchev–Trinajstić information content (AvgIpc) is 3.63. The molecule has 4 heterocycles. The van der Waals surface area contributed by atoms with Gasteiger partial charge in [0.1, 0.15) is 5.60 Å². The monoisotopic (exact) mass is 567 g/mol. The molecule has 2 aliphatic heterocycles. The summed E-state index contributed by atoms with van der Waals surface area (Å²) in [5, 5.41) is 20.2. The molecule has 41 heavy (non-hydrogen) atoms. The highest BCUT2D eigenvalue weighted by atomic mass is 19.4. The first kappa shape index (κ1) is 27.9. The van der Waals surface area contributed by atoms with Crippen LogP contribution in [-0.2, 0) is 15.8 Å². The molecule has 6 rings (SSSR count). The number of pyridine rings is 1. The van der Waals surface area contributed by atoms with E-state index in [1.165, 1.54) is 12.1 Å². The summed E-state index contributed by atoms with van der Waals surface area (Å²) >= 11 is 0. The number of amides is 1. The van der Waals surface area contributed by atoms with Crippen molar-refractivity contribution in [1.82, 2.24) is 25.0 Å². The van der Waals surface area contributed by atoms with Crippen LogP contribution in [0.15, 0.2) is 48.8 Å². The average molecular weight is 568 g/mol. The maximum Gasteiger partial charge on any atom is 0.398 e. The van der Waals surface area contributed by atoms with E-state index in [1.54, 1.807) is 31.5 Å². The third-order valence-corrected chi connectivity index (χ3v) is 9.69. The third-order valence-electron chi connectivity index (χ3n) is 9.69. The summed E-state index contributed by atoms with van der Waals surface area (Å²) in [6, 6.07) is 10.3. The number of rotatable bonds is 6. The second kappa shape index (κ2) is 9.66. The number of aromatic nitrogens is 3. The van der Waals surface area contributed by atoms with E-state index in [4.69, 9.17) is 0 Å². The minimum atomic E-state index is -4.29. The van der Waals surface area contributed by atoms with Gasteiger partial charge in [0.05, 0.1) is 11.1 Å². The van der Waals surface area contributed by atoms with Crippen LogP contribution in [0, 0.1) is 5.41 Å². The number of alkyl halides is 3. The Morgan fingerprint density at radius 2 is 1.71 bits per heavy atom. The van der Waals surface area contributed by atoms with Crippen molar-refractivity contribution in [2.24, 2.45) is 5.41 Å². The van der Waals surface area contributed by atoms with E-state index in [1.807, 2.05) is 31.0 Å². The molecule has 2 aromatic heterocycles. The molecular formula is C31H36F3N5O2. The zero-order valence-corrected chi connectivity index (χ0v) is 23.6. The maximum absolute atomic E-state index is 13.8. The zero-order valence-electron chi connectivity index (χ0n) is 23.6. The lowest BCUT2D eigenvalue weighted by atomic mass is 9.62. The lowest BCUT2D eigenvalue weighted by Crippen LogP contribution is -2.63. The summed E-state index contributed by atoms with van der Waals surface area (Å²) in [7, 11) is 1.98. The van der Waals surface area contributed by atoms with Gasteiger partial charge in [0.2, 0.25) is 5.91 Å². The van der Waals surface area contributed by atoms with Crippen molar-refractivity contribution in [2.75, 3.05) is 33.2 Å². The molecule has 0 spiro atoms. The summed E-state index contributed by atoms with van der Waals surface area (Å²) < 4.78 is 41.3. The van der Waals surface area contributed by atoms with Gasteiger partial charge in [-0.25, -0.2) is 0 Å². The van der Waals surface area contributed by atoms with Crippen LogP contribution in [0.25, 0.3) is 11.3 Å². The summed E-state index contributed by atoms with van der Waals surface area (Å²) in [5.74, 6) is 0.367. The van der Waals surface area contributed by atoms with E-state index in [0.717, 1.165) is 24.1 Å². The molecule has 1 amide bonds. The summed E-state index contributed by atoms with van der Waals surface area (Å²) in [6.45, 7) is 6.27. The number of hydrogen-bond acceptors (Lipinski definition) is 5. The van der Waals surface area contributed by atoms with E-state index in [0.29, 0.717) is 43.0 Å². The molecule has 1 atom stereocenters. The normalized spacial score (nSPS) is 22.2. The van der Waals surface area contributed by atoms with Gasteiger partial charge in [-0.1, -0.05) is 31.2 Å². The summed E-state index contributed by atoms with van der Waals surface area (Å²) in [6.07, 6.45) is 0.961. The Kier molecular flexibility index (Phi) is 6.57. The fourth-order valence-electron chi connectivity index (χ4n) is 7.11. The number of H-pyrrole nitrogens is 1. The van der Waals surface area contributed by atoms with E-state index in [2.05, 4.69) is 20.1 Å². The molecule has 1 saturated carbocycles. The molecule has 3 aliphatic rings. The molecular weight excluding hydrogens is 531 g/mol. The Balaban J connectivity index is 1.32. The van der Waals surface area contributed by atoms with E-state index < -0.39 is 22.6 Å². The molecule has 0 bridgehead atoms. The minimum Gasteiger partial charge on any atom is -0.380 e. The Bertz CT molecular complexity index is 1430. The van der Waals surface area contributed by atoms with Gasteiger partial charge in [0.25, 0.3) is 0 Å². The molecule has 10 heteroatoms. The molecule has 1 aliphatic carbocycles. The number of nitrogens with zero attached hydrogens (tertiary/aromatic N) is 4. The first-order valence-corrected chi connectivity index (χ1v) is 14.2. The van der Waals surface area contributed by atoms with Crippen LogP contribution in [0.3, 0.4) is 0 Å². The van der Waals surface area contributed by atoms with Crippen LogP contribution >= 0.6 is 0 Å². The van der Waals surface area contributed by atoms with Gasteiger partial charge in [-0.05, 0) is 56.0 Å². The third kappa shape index (κ3) is 4.55. The van der Waals surface area contributed by atoms with Crippen molar-refractivity contribution < 1.29 is 23.1 Å². The van der Waals surface area contributed by atoms with Crippen molar-refractivity contribution in [2.45, 2.75) is 62.6 Å². The highest BCUT2D eigenvalue weighted by molar-refractivity contribution is 5.73.